The molecule has 0 spiro atoms. The SMILES string of the molecule is O=C[CH2][Ti][N]1CCCNCCCNCCCNCCC1. The van der Waals surface area contributed by atoms with E-state index in [1.165, 1.54) is 25.7 Å². The third-order valence-electron chi connectivity index (χ3n) is 3.38. The Labute approximate surface area is 132 Å². The van der Waals surface area contributed by atoms with Gasteiger partial charge in [0, 0.05) is 0 Å². The molecule has 1 aliphatic heterocycles. The summed E-state index contributed by atoms with van der Waals surface area (Å²) in [6.45, 7) is 8.95. The maximum absolute atomic E-state index is 10.6. The van der Waals surface area contributed by atoms with Gasteiger partial charge in [0.15, 0.2) is 0 Å². The van der Waals surface area contributed by atoms with Crippen molar-refractivity contribution >= 4 is 6.29 Å². The Balaban J connectivity index is 2.22. The number of nitrogens with zero attached hydrogens (tertiary/aromatic N) is 1. The molecule has 20 heavy (non-hydrogen) atoms. The van der Waals surface area contributed by atoms with Gasteiger partial charge in [0.05, 0.1) is 0 Å². The summed E-state index contributed by atoms with van der Waals surface area (Å²) in [6, 6.07) is 0. The summed E-state index contributed by atoms with van der Waals surface area (Å²) in [5.74, 6) is 0. The predicted molar refractivity (Wildman–Crippen MR) is 79.5 cm³/mol. The second-order valence-electron chi connectivity index (χ2n) is 5.18. The fraction of sp³-hybridized carbons (Fsp3) is 0.929. The predicted octanol–water partition coefficient (Wildman–Crippen LogP) is 0.246. The Morgan fingerprint density at radius 2 is 1.25 bits per heavy atom. The molecule has 116 valence electrons. The normalized spacial score (nSPS) is 22.2. The van der Waals surface area contributed by atoms with Crippen molar-refractivity contribution in [1.82, 2.24) is 19.3 Å². The fourth-order valence-electron chi connectivity index (χ4n) is 2.28. The molecule has 0 bridgehead atoms. The summed E-state index contributed by atoms with van der Waals surface area (Å²) in [5.41, 5.74) is 0. The number of carbonyl (C=O) groups excluding carboxylic acids is 1. The standard InChI is InChI=1S/C12H27N4.C2H3O.Ti/c1-5-13-7-2-9-15-11-4-12-16-10-3-8-14-6-1;1-2-3;/h13-15H,1-12H2;2H,1H2;/q-1;;+1. The van der Waals surface area contributed by atoms with Gasteiger partial charge in [-0.2, -0.15) is 0 Å². The average Bonchev–Trinajstić information content (AvgIpc) is 2.46. The van der Waals surface area contributed by atoms with Gasteiger partial charge in [-0.1, -0.05) is 0 Å². The Bertz CT molecular complexity index is 215. The quantitative estimate of drug-likeness (QED) is 0.514. The number of carbonyl (C=O) groups is 1. The average molecular weight is 318 g/mol. The molecule has 0 unspecified atom stereocenters. The molecule has 5 nitrogen and oxygen atoms in total. The van der Waals surface area contributed by atoms with Crippen LogP contribution in [-0.2, 0) is 24.2 Å². The van der Waals surface area contributed by atoms with Crippen LogP contribution < -0.4 is 16.0 Å². The van der Waals surface area contributed by atoms with Crippen molar-refractivity contribution in [1.29, 1.82) is 0 Å². The Morgan fingerprint density at radius 3 is 1.70 bits per heavy atom. The van der Waals surface area contributed by atoms with E-state index in [2.05, 4.69) is 19.3 Å². The van der Waals surface area contributed by atoms with Crippen molar-refractivity contribution in [3.63, 3.8) is 0 Å². The first-order valence-electron chi connectivity index (χ1n) is 7.97. The minimum absolute atomic E-state index is 0.221. The summed E-state index contributed by atoms with van der Waals surface area (Å²) in [4.78, 5) is 10.6. The van der Waals surface area contributed by atoms with E-state index in [0.717, 1.165) is 63.4 Å². The van der Waals surface area contributed by atoms with Gasteiger partial charge in [-0.15, -0.1) is 0 Å². The summed E-state index contributed by atoms with van der Waals surface area (Å²) in [5, 5.41) is 10.5. The molecule has 1 heterocycles. The molecule has 0 aliphatic carbocycles. The number of hydrogen-bond donors (Lipinski definition) is 3. The van der Waals surface area contributed by atoms with Gasteiger partial charge in [-0.3, -0.25) is 0 Å². The van der Waals surface area contributed by atoms with Gasteiger partial charge < -0.3 is 0 Å². The number of hydrogen-bond acceptors (Lipinski definition) is 5. The zero-order valence-electron chi connectivity index (χ0n) is 12.6. The molecule has 1 fully saturated rings. The van der Waals surface area contributed by atoms with Crippen LogP contribution in [0.25, 0.3) is 0 Å². The van der Waals surface area contributed by atoms with Crippen LogP contribution in [-0.4, -0.2) is 62.0 Å². The van der Waals surface area contributed by atoms with E-state index < -0.39 is 0 Å². The third kappa shape index (κ3) is 10.9. The van der Waals surface area contributed by atoms with Crippen LogP contribution in [0.1, 0.15) is 25.7 Å². The summed E-state index contributed by atoms with van der Waals surface area (Å²) in [7, 11) is 0. The van der Waals surface area contributed by atoms with Crippen molar-refractivity contribution < 1.29 is 24.2 Å². The van der Waals surface area contributed by atoms with E-state index in [1.807, 2.05) is 0 Å². The van der Waals surface area contributed by atoms with Gasteiger partial charge in [-0.25, -0.2) is 0 Å². The molecule has 0 amide bonds. The Kier molecular flexibility index (Phi) is 13.0. The number of rotatable bonds is 3. The van der Waals surface area contributed by atoms with Crippen molar-refractivity contribution in [3.05, 3.63) is 0 Å². The first kappa shape index (κ1) is 18.3. The monoisotopic (exact) mass is 318 g/mol. The van der Waals surface area contributed by atoms with Crippen LogP contribution in [0.3, 0.4) is 0 Å². The molecule has 6 heteroatoms. The van der Waals surface area contributed by atoms with Crippen LogP contribution in [0, 0.1) is 0 Å². The third-order valence-corrected chi connectivity index (χ3v) is 5.32. The van der Waals surface area contributed by atoms with Crippen molar-refractivity contribution in [2.24, 2.45) is 0 Å². The van der Waals surface area contributed by atoms with Crippen molar-refractivity contribution in [2.75, 3.05) is 52.4 Å². The molecule has 0 aromatic carbocycles. The zero-order chi connectivity index (χ0) is 14.3. The molecule has 0 saturated carbocycles. The first-order chi connectivity index (χ1) is 9.93. The van der Waals surface area contributed by atoms with E-state index in [9.17, 15) is 4.79 Å². The fourth-order valence-corrected chi connectivity index (χ4v) is 3.79. The number of aldehydes is 1. The van der Waals surface area contributed by atoms with Crippen LogP contribution in [0.4, 0.5) is 0 Å². The van der Waals surface area contributed by atoms with E-state index in [1.54, 1.807) is 0 Å². The molecular formula is C14H30N4OTi. The van der Waals surface area contributed by atoms with Crippen LogP contribution in [0.2, 0.25) is 4.73 Å². The Hall–Kier alpha value is 0.224. The molecule has 1 saturated heterocycles. The molecule has 0 aromatic rings. The van der Waals surface area contributed by atoms with Gasteiger partial charge in [-0.05, 0) is 0 Å². The van der Waals surface area contributed by atoms with E-state index >= 15 is 0 Å². The summed E-state index contributed by atoms with van der Waals surface area (Å²) in [6.07, 6.45) is 5.89. The molecule has 1 rings (SSSR count). The first-order valence-corrected chi connectivity index (χ1v) is 9.78. The van der Waals surface area contributed by atoms with Gasteiger partial charge >= 0.3 is 133 Å². The van der Waals surface area contributed by atoms with Crippen LogP contribution in [0.15, 0.2) is 0 Å². The number of nitrogens with one attached hydrogen (secondary N) is 3. The zero-order valence-corrected chi connectivity index (χ0v) is 14.2. The second kappa shape index (κ2) is 14.2. The van der Waals surface area contributed by atoms with Gasteiger partial charge in [0.2, 0.25) is 0 Å². The van der Waals surface area contributed by atoms with E-state index in [-0.39, 0.29) is 19.4 Å². The van der Waals surface area contributed by atoms with Crippen molar-refractivity contribution in [3.8, 4) is 0 Å². The van der Waals surface area contributed by atoms with Crippen molar-refractivity contribution in [2.45, 2.75) is 30.4 Å². The van der Waals surface area contributed by atoms with Crippen LogP contribution in [0.5, 0.6) is 0 Å². The summed E-state index contributed by atoms with van der Waals surface area (Å²) >= 11 is -0.221. The molecule has 0 radical (unpaired) electrons. The molecule has 0 atom stereocenters. The van der Waals surface area contributed by atoms with E-state index in [0.29, 0.717) is 0 Å². The van der Waals surface area contributed by atoms with Gasteiger partial charge in [0.25, 0.3) is 0 Å². The molecule has 1 aliphatic rings. The van der Waals surface area contributed by atoms with Gasteiger partial charge in [0.1, 0.15) is 0 Å². The van der Waals surface area contributed by atoms with Crippen LogP contribution >= 0.6 is 0 Å². The second-order valence-corrected chi connectivity index (χ2v) is 7.30. The molecular weight excluding hydrogens is 288 g/mol. The van der Waals surface area contributed by atoms with E-state index in [4.69, 9.17) is 0 Å². The Morgan fingerprint density at radius 1 is 0.800 bits per heavy atom. The topological polar surface area (TPSA) is 56.4 Å². The maximum atomic E-state index is 10.6. The molecule has 0 aromatic heterocycles. The minimum atomic E-state index is -0.221. The summed E-state index contributed by atoms with van der Waals surface area (Å²) < 4.78 is 3.33. The molecule has 3 N–H and O–H groups in total.